The number of nitrogens with zero attached hydrogens (tertiary/aromatic N) is 2. The number of pyridine rings is 2. The van der Waals surface area contributed by atoms with Crippen LogP contribution in [0.5, 0.6) is 0 Å². The highest BCUT2D eigenvalue weighted by Crippen LogP contribution is 2.37. The van der Waals surface area contributed by atoms with Gasteiger partial charge in [-0.1, -0.05) is 59.6 Å². The van der Waals surface area contributed by atoms with Gasteiger partial charge in [-0.05, 0) is 12.1 Å². The van der Waals surface area contributed by atoms with Gasteiger partial charge in [-0.15, -0.1) is 0 Å². The van der Waals surface area contributed by atoms with Crippen LogP contribution in [-0.2, 0) is 0 Å². The van der Waals surface area contributed by atoms with Gasteiger partial charge < -0.3 is 0 Å². The first-order valence-corrected chi connectivity index (χ1v) is 6.93. The lowest BCUT2D eigenvalue weighted by atomic mass is 10.1. The molecule has 4 rings (SSSR count). The first kappa shape index (κ1) is 11.9. The quantitative estimate of drug-likeness (QED) is 0.252. The molecular formula is C16H8Cl2N2. The van der Waals surface area contributed by atoms with Crippen LogP contribution in [-0.4, -0.2) is 9.97 Å². The molecule has 0 amide bonds. The molecule has 2 heterocycles. The number of aromatic nitrogens is 2. The van der Waals surface area contributed by atoms with E-state index in [1.54, 1.807) is 0 Å². The Morgan fingerprint density at radius 2 is 1.30 bits per heavy atom. The number of rotatable bonds is 0. The lowest BCUT2D eigenvalue weighted by Crippen LogP contribution is -1.90. The third-order valence-corrected chi connectivity index (χ3v) is 4.07. The summed E-state index contributed by atoms with van der Waals surface area (Å²) >= 11 is 12.9. The fraction of sp³-hybridized carbons (Fsp3) is 0. The van der Waals surface area contributed by atoms with Gasteiger partial charge in [0.15, 0.2) is 5.15 Å². The average molecular weight is 299 g/mol. The van der Waals surface area contributed by atoms with Crippen molar-refractivity contribution in [3.05, 3.63) is 58.7 Å². The van der Waals surface area contributed by atoms with Gasteiger partial charge in [0.25, 0.3) is 0 Å². The highest BCUT2D eigenvalue weighted by atomic mass is 35.5. The monoisotopic (exact) mass is 298 g/mol. The zero-order valence-corrected chi connectivity index (χ0v) is 11.8. The fourth-order valence-electron chi connectivity index (χ4n) is 2.51. The Balaban J connectivity index is 2.37. The van der Waals surface area contributed by atoms with Crippen LogP contribution in [0.15, 0.2) is 48.5 Å². The molecular weight excluding hydrogens is 291 g/mol. The molecule has 4 aromatic rings. The highest BCUT2D eigenvalue weighted by Gasteiger charge is 2.14. The molecule has 0 saturated heterocycles. The maximum Gasteiger partial charge on any atom is 0.156 e. The van der Waals surface area contributed by atoms with Gasteiger partial charge in [-0.2, -0.15) is 0 Å². The van der Waals surface area contributed by atoms with Crippen molar-refractivity contribution in [1.29, 1.82) is 0 Å². The van der Waals surface area contributed by atoms with Gasteiger partial charge >= 0.3 is 0 Å². The fourth-order valence-corrected chi connectivity index (χ4v) is 3.09. The van der Waals surface area contributed by atoms with E-state index in [1.807, 2.05) is 48.5 Å². The maximum atomic E-state index is 6.60. The number of hydrogen-bond acceptors (Lipinski definition) is 2. The molecule has 4 heteroatoms. The van der Waals surface area contributed by atoms with Crippen molar-refractivity contribution >= 4 is 55.9 Å². The van der Waals surface area contributed by atoms with Crippen molar-refractivity contribution in [2.45, 2.75) is 0 Å². The molecule has 20 heavy (non-hydrogen) atoms. The van der Waals surface area contributed by atoms with E-state index < -0.39 is 0 Å². The number of hydrogen-bond donors (Lipinski definition) is 0. The first-order chi connectivity index (χ1) is 9.75. The smallest absolute Gasteiger partial charge is 0.156 e. The van der Waals surface area contributed by atoms with E-state index in [4.69, 9.17) is 23.2 Å². The minimum absolute atomic E-state index is 0.381. The van der Waals surface area contributed by atoms with Gasteiger partial charge in [0.05, 0.1) is 16.1 Å². The summed E-state index contributed by atoms with van der Waals surface area (Å²) in [6.07, 6.45) is 0. The molecule has 0 fully saturated rings. The topological polar surface area (TPSA) is 25.8 Å². The zero-order valence-electron chi connectivity index (χ0n) is 10.3. The largest absolute Gasteiger partial charge is 0.244 e. The van der Waals surface area contributed by atoms with E-state index in [0.29, 0.717) is 15.7 Å². The Morgan fingerprint density at radius 1 is 0.700 bits per heavy atom. The molecule has 0 N–H and O–H groups in total. The van der Waals surface area contributed by atoms with Crippen LogP contribution in [0.4, 0.5) is 0 Å². The van der Waals surface area contributed by atoms with Gasteiger partial charge in [0.1, 0.15) is 5.52 Å². The van der Waals surface area contributed by atoms with E-state index in [1.165, 1.54) is 0 Å². The van der Waals surface area contributed by atoms with E-state index in [0.717, 1.165) is 27.2 Å². The second-order valence-electron chi connectivity index (χ2n) is 4.59. The molecule has 2 nitrogen and oxygen atoms in total. The Kier molecular flexibility index (Phi) is 2.56. The molecule has 0 unspecified atom stereocenters. The van der Waals surface area contributed by atoms with Gasteiger partial charge in [-0.3, -0.25) is 0 Å². The predicted octanol–water partition coefficient (Wildman–Crippen LogP) is 5.24. The Labute approximate surface area is 125 Å². The molecule has 0 radical (unpaired) electrons. The standard InChI is InChI=1S/C16H8Cl2N2/c17-14-10-6-2-4-8-12(10)19-15-13(14)9-5-1-3-7-11(9)20-16(15)18/h1-8H. The Morgan fingerprint density at radius 3 is 2.05 bits per heavy atom. The van der Waals surface area contributed by atoms with Crippen molar-refractivity contribution in [2.75, 3.05) is 0 Å². The number of halogens is 2. The summed E-state index contributed by atoms with van der Waals surface area (Å²) in [5, 5.41) is 3.81. The maximum absolute atomic E-state index is 6.60. The molecule has 0 aliphatic rings. The van der Waals surface area contributed by atoms with Gasteiger partial charge in [-0.25, -0.2) is 9.97 Å². The van der Waals surface area contributed by atoms with Gasteiger partial charge in [0.2, 0.25) is 0 Å². The molecule has 0 atom stereocenters. The average Bonchev–Trinajstić information content (AvgIpc) is 2.48. The minimum Gasteiger partial charge on any atom is -0.244 e. The lowest BCUT2D eigenvalue weighted by Gasteiger charge is -2.09. The van der Waals surface area contributed by atoms with Crippen molar-refractivity contribution in [1.82, 2.24) is 9.97 Å². The number of benzene rings is 2. The Hall–Kier alpha value is -1.90. The van der Waals surface area contributed by atoms with Crippen LogP contribution in [0.1, 0.15) is 0 Å². The minimum atomic E-state index is 0.381. The third kappa shape index (κ3) is 1.59. The van der Waals surface area contributed by atoms with Crippen molar-refractivity contribution in [3.63, 3.8) is 0 Å². The molecule has 0 bridgehead atoms. The normalized spacial score (nSPS) is 11.5. The molecule has 0 spiro atoms. The summed E-state index contributed by atoms with van der Waals surface area (Å²) in [5.41, 5.74) is 2.29. The van der Waals surface area contributed by atoms with Crippen molar-refractivity contribution in [3.8, 4) is 0 Å². The molecule has 0 saturated carbocycles. The molecule has 0 aliphatic carbocycles. The zero-order chi connectivity index (χ0) is 13.7. The van der Waals surface area contributed by atoms with Crippen LogP contribution in [0.3, 0.4) is 0 Å². The van der Waals surface area contributed by atoms with Crippen LogP contribution in [0.25, 0.3) is 32.7 Å². The van der Waals surface area contributed by atoms with Gasteiger partial charge in [0, 0.05) is 16.2 Å². The second-order valence-corrected chi connectivity index (χ2v) is 5.32. The van der Waals surface area contributed by atoms with Crippen molar-refractivity contribution in [2.24, 2.45) is 0 Å². The SMILES string of the molecule is Clc1nc2ccccc2c2c(Cl)c3ccccc3nc12. The summed E-state index contributed by atoms with van der Waals surface area (Å²) in [6, 6.07) is 15.6. The number of para-hydroxylation sites is 2. The van der Waals surface area contributed by atoms with E-state index in [-0.39, 0.29) is 0 Å². The van der Waals surface area contributed by atoms with Crippen LogP contribution in [0, 0.1) is 0 Å². The summed E-state index contributed by atoms with van der Waals surface area (Å²) < 4.78 is 0. The Bertz CT molecular complexity index is 974. The van der Waals surface area contributed by atoms with E-state index >= 15 is 0 Å². The first-order valence-electron chi connectivity index (χ1n) is 6.18. The molecule has 2 aromatic carbocycles. The molecule has 2 aromatic heterocycles. The van der Waals surface area contributed by atoms with Crippen molar-refractivity contribution < 1.29 is 0 Å². The van der Waals surface area contributed by atoms with Crippen LogP contribution < -0.4 is 0 Å². The van der Waals surface area contributed by atoms with E-state index in [9.17, 15) is 0 Å². The number of fused-ring (bicyclic) bond motifs is 4. The van der Waals surface area contributed by atoms with E-state index in [2.05, 4.69) is 9.97 Å². The lowest BCUT2D eigenvalue weighted by molar-refractivity contribution is 1.39. The third-order valence-electron chi connectivity index (χ3n) is 3.42. The van der Waals surface area contributed by atoms with Crippen LogP contribution in [0.2, 0.25) is 10.2 Å². The predicted molar refractivity (Wildman–Crippen MR) is 84.6 cm³/mol. The summed E-state index contributed by atoms with van der Waals surface area (Å²) in [4.78, 5) is 9.01. The molecule has 96 valence electrons. The summed E-state index contributed by atoms with van der Waals surface area (Å²) in [5.74, 6) is 0. The molecule has 0 aliphatic heterocycles. The second kappa shape index (κ2) is 4.30. The summed E-state index contributed by atoms with van der Waals surface area (Å²) in [6.45, 7) is 0. The summed E-state index contributed by atoms with van der Waals surface area (Å²) in [7, 11) is 0. The highest BCUT2D eigenvalue weighted by molar-refractivity contribution is 6.44. The van der Waals surface area contributed by atoms with Crippen LogP contribution >= 0.6 is 23.2 Å².